The van der Waals surface area contributed by atoms with E-state index in [1.165, 1.54) is 25.7 Å². The average Bonchev–Trinajstić information content (AvgIpc) is 2.87. The topological polar surface area (TPSA) is 0 Å². The van der Waals surface area contributed by atoms with Crippen LogP contribution in [0, 0.1) is 23.7 Å². The van der Waals surface area contributed by atoms with E-state index < -0.39 is 0 Å². The molecule has 14 heavy (non-hydrogen) atoms. The Kier molecular flexibility index (Phi) is 1.87. The summed E-state index contributed by atoms with van der Waals surface area (Å²) in [7, 11) is 0. The first-order valence-corrected chi connectivity index (χ1v) is 6.23. The average molecular weight is 188 g/mol. The van der Waals surface area contributed by atoms with E-state index in [1.54, 1.807) is 11.1 Å². The molecular weight excluding hydrogens is 168 g/mol. The number of fused-ring (bicyclic) bond motifs is 5. The van der Waals surface area contributed by atoms with Crippen LogP contribution in [0.3, 0.4) is 0 Å². The number of rotatable bonds is 2. The Morgan fingerprint density at radius 3 is 2.79 bits per heavy atom. The van der Waals surface area contributed by atoms with Crippen LogP contribution in [0.15, 0.2) is 23.3 Å². The molecule has 0 aliphatic heterocycles. The van der Waals surface area contributed by atoms with E-state index in [4.69, 9.17) is 0 Å². The van der Waals surface area contributed by atoms with Crippen LogP contribution in [0.4, 0.5) is 0 Å². The molecule has 0 spiro atoms. The van der Waals surface area contributed by atoms with E-state index in [0.29, 0.717) is 0 Å². The fourth-order valence-corrected chi connectivity index (χ4v) is 4.03. The summed E-state index contributed by atoms with van der Waals surface area (Å²) >= 11 is 0. The van der Waals surface area contributed by atoms with E-state index in [2.05, 4.69) is 26.0 Å². The molecule has 3 aliphatic carbocycles. The van der Waals surface area contributed by atoms with Gasteiger partial charge in [0.1, 0.15) is 0 Å². The second-order valence-electron chi connectivity index (χ2n) is 5.22. The Hall–Kier alpha value is -0.520. The van der Waals surface area contributed by atoms with Crippen molar-refractivity contribution in [3.63, 3.8) is 0 Å². The molecule has 0 aromatic carbocycles. The minimum absolute atomic E-state index is 0.920. The zero-order valence-electron chi connectivity index (χ0n) is 9.29. The molecule has 1 fully saturated rings. The molecule has 1 saturated carbocycles. The van der Waals surface area contributed by atoms with Crippen LogP contribution >= 0.6 is 0 Å². The summed E-state index contributed by atoms with van der Waals surface area (Å²) in [5, 5.41) is 0. The first-order valence-electron chi connectivity index (χ1n) is 6.23. The first-order chi connectivity index (χ1) is 6.83. The van der Waals surface area contributed by atoms with Gasteiger partial charge in [0, 0.05) is 0 Å². The largest absolute Gasteiger partial charge is 0.0813 e. The van der Waals surface area contributed by atoms with Crippen molar-refractivity contribution in [2.75, 3.05) is 0 Å². The van der Waals surface area contributed by atoms with Crippen LogP contribution in [0.25, 0.3) is 0 Å². The predicted octanol–water partition coefficient (Wildman–Crippen LogP) is 3.95. The van der Waals surface area contributed by atoms with E-state index in [9.17, 15) is 0 Å². The van der Waals surface area contributed by atoms with Crippen molar-refractivity contribution in [3.05, 3.63) is 23.3 Å². The van der Waals surface area contributed by atoms with E-state index >= 15 is 0 Å². The van der Waals surface area contributed by atoms with Crippen LogP contribution in [0.1, 0.15) is 39.5 Å². The molecule has 0 aromatic heterocycles. The second kappa shape index (κ2) is 2.98. The Morgan fingerprint density at radius 2 is 2.07 bits per heavy atom. The molecule has 0 nitrogen and oxygen atoms in total. The molecular formula is C14H20. The number of hydrogen-bond acceptors (Lipinski definition) is 0. The Morgan fingerprint density at radius 1 is 1.21 bits per heavy atom. The van der Waals surface area contributed by atoms with Crippen molar-refractivity contribution < 1.29 is 0 Å². The van der Waals surface area contributed by atoms with Crippen LogP contribution in [-0.4, -0.2) is 0 Å². The Balaban J connectivity index is 1.86. The lowest BCUT2D eigenvalue weighted by atomic mass is 9.80. The SMILES string of the molecule is CCC1=CC2C(C1)[C@@H]1C[C@H]2C=C1CC. The summed E-state index contributed by atoms with van der Waals surface area (Å²) in [6, 6.07) is 0. The highest BCUT2D eigenvalue weighted by atomic mass is 14.5. The molecule has 0 aromatic rings. The summed E-state index contributed by atoms with van der Waals surface area (Å²) < 4.78 is 0. The minimum atomic E-state index is 0.920. The van der Waals surface area contributed by atoms with Crippen molar-refractivity contribution in [1.82, 2.24) is 0 Å². The van der Waals surface area contributed by atoms with Gasteiger partial charge in [-0.2, -0.15) is 0 Å². The van der Waals surface area contributed by atoms with Gasteiger partial charge in [-0.1, -0.05) is 37.1 Å². The number of hydrogen-bond donors (Lipinski definition) is 0. The lowest BCUT2D eigenvalue weighted by Crippen LogP contribution is -2.16. The normalized spacial score (nSPS) is 43.9. The molecule has 0 N–H and O–H groups in total. The van der Waals surface area contributed by atoms with Crippen LogP contribution < -0.4 is 0 Å². The monoisotopic (exact) mass is 188 g/mol. The van der Waals surface area contributed by atoms with E-state index in [1.807, 2.05) is 0 Å². The van der Waals surface area contributed by atoms with Crippen LogP contribution in [0.2, 0.25) is 0 Å². The quantitative estimate of drug-likeness (QED) is 0.576. The first kappa shape index (κ1) is 8.76. The van der Waals surface area contributed by atoms with Gasteiger partial charge in [-0.05, 0) is 49.4 Å². The van der Waals surface area contributed by atoms with Gasteiger partial charge in [-0.25, -0.2) is 0 Å². The molecule has 0 radical (unpaired) electrons. The molecule has 76 valence electrons. The molecule has 3 rings (SSSR count). The molecule has 2 unspecified atom stereocenters. The fraction of sp³-hybridized carbons (Fsp3) is 0.714. The molecule has 0 amide bonds. The summed E-state index contributed by atoms with van der Waals surface area (Å²) in [6.45, 7) is 4.63. The third-order valence-corrected chi connectivity index (χ3v) is 4.72. The molecule has 0 saturated heterocycles. The summed E-state index contributed by atoms with van der Waals surface area (Å²) in [5.41, 5.74) is 3.52. The molecule has 0 heteroatoms. The molecule has 3 aliphatic rings. The van der Waals surface area contributed by atoms with Crippen molar-refractivity contribution in [3.8, 4) is 0 Å². The highest BCUT2D eigenvalue weighted by molar-refractivity contribution is 5.31. The van der Waals surface area contributed by atoms with Gasteiger partial charge in [0.2, 0.25) is 0 Å². The summed E-state index contributed by atoms with van der Waals surface area (Å²) in [6.07, 6.45) is 10.7. The van der Waals surface area contributed by atoms with Gasteiger partial charge in [0.25, 0.3) is 0 Å². The second-order valence-corrected chi connectivity index (χ2v) is 5.22. The Bertz CT molecular complexity index is 308. The fourth-order valence-electron chi connectivity index (χ4n) is 4.03. The standard InChI is InChI=1S/C14H20/c1-3-9-5-12-11-7-10(4-2)13(8-11)14(12)6-9/h5,7,11-14H,3-4,6,8H2,1-2H3/t11-,12?,13-,14?/m1/s1. The van der Waals surface area contributed by atoms with Crippen LogP contribution in [-0.2, 0) is 0 Å². The third kappa shape index (κ3) is 1.00. The van der Waals surface area contributed by atoms with Crippen molar-refractivity contribution in [2.45, 2.75) is 39.5 Å². The van der Waals surface area contributed by atoms with E-state index in [0.717, 1.165) is 23.7 Å². The van der Waals surface area contributed by atoms with Crippen molar-refractivity contribution >= 4 is 0 Å². The minimum Gasteiger partial charge on any atom is -0.0813 e. The van der Waals surface area contributed by atoms with Crippen LogP contribution in [0.5, 0.6) is 0 Å². The van der Waals surface area contributed by atoms with Gasteiger partial charge in [0.15, 0.2) is 0 Å². The molecule has 2 bridgehead atoms. The number of allylic oxidation sites excluding steroid dienone is 4. The zero-order valence-corrected chi connectivity index (χ0v) is 9.29. The highest BCUT2D eigenvalue weighted by Crippen LogP contribution is 2.57. The molecule has 4 atom stereocenters. The highest BCUT2D eigenvalue weighted by Gasteiger charge is 2.48. The van der Waals surface area contributed by atoms with Gasteiger partial charge in [-0.15, -0.1) is 0 Å². The maximum absolute atomic E-state index is 2.61. The summed E-state index contributed by atoms with van der Waals surface area (Å²) in [4.78, 5) is 0. The van der Waals surface area contributed by atoms with E-state index in [-0.39, 0.29) is 0 Å². The van der Waals surface area contributed by atoms with Crippen molar-refractivity contribution in [2.24, 2.45) is 23.7 Å². The predicted molar refractivity (Wildman–Crippen MR) is 59.9 cm³/mol. The van der Waals surface area contributed by atoms with Gasteiger partial charge >= 0.3 is 0 Å². The smallest absolute Gasteiger partial charge is 0.0130 e. The van der Waals surface area contributed by atoms with Crippen molar-refractivity contribution in [1.29, 1.82) is 0 Å². The maximum Gasteiger partial charge on any atom is -0.0130 e. The lowest BCUT2D eigenvalue weighted by molar-refractivity contribution is 0.375. The summed E-state index contributed by atoms with van der Waals surface area (Å²) in [5.74, 6) is 3.83. The van der Waals surface area contributed by atoms with Gasteiger partial charge in [-0.3, -0.25) is 0 Å². The van der Waals surface area contributed by atoms with Gasteiger partial charge in [0.05, 0.1) is 0 Å². The third-order valence-electron chi connectivity index (χ3n) is 4.72. The van der Waals surface area contributed by atoms with Gasteiger partial charge < -0.3 is 0 Å². The zero-order chi connectivity index (χ0) is 9.71. The molecule has 0 heterocycles. The Labute approximate surface area is 87.1 Å². The maximum atomic E-state index is 2.61. The lowest BCUT2D eigenvalue weighted by Gasteiger charge is -2.24.